The Morgan fingerprint density at radius 3 is 2.60 bits per heavy atom. The summed E-state index contributed by atoms with van der Waals surface area (Å²) in [5.41, 5.74) is 1.16. The molecule has 1 aliphatic carbocycles. The third kappa shape index (κ3) is 7.69. The van der Waals surface area contributed by atoms with E-state index in [4.69, 9.17) is 18.9 Å². The monoisotopic (exact) mass is 540 g/mol. The second-order valence-electron chi connectivity index (χ2n) is 9.34. The van der Waals surface area contributed by atoms with Gasteiger partial charge in [-0.05, 0) is 85.4 Å². The summed E-state index contributed by atoms with van der Waals surface area (Å²) in [6, 6.07) is 18.1. The molecule has 0 aromatic heterocycles. The molecule has 206 valence electrons. The number of carbonyl (C=O) groups excluding carboxylic acids is 3. The van der Waals surface area contributed by atoms with Crippen LogP contribution in [0.15, 0.2) is 97.3 Å². The van der Waals surface area contributed by atoms with Gasteiger partial charge in [-0.15, -0.1) is 0 Å². The van der Waals surface area contributed by atoms with Gasteiger partial charge in [0.25, 0.3) is 0 Å². The van der Waals surface area contributed by atoms with Crippen LogP contribution in [0.4, 0.5) is 0 Å². The topological polar surface area (TPSA) is 88.1 Å². The summed E-state index contributed by atoms with van der Waals surface area (Å²) in [6.07, 6.45) is 9.35. The smallest absolute Gasteiger partial charge is 0.344 e. The Balaban J connectivity index is 1.28. The van der Waals surface area contributed by atoms with Crippen LogP contribution in [-0.2, 0) is 19.1 Å². The maximum Gasteiger partial charge on any atom is 0.344 e. The molecule has 0 saturated carbocycles. The molecule has 1 atom stereocenters. The number of ether oxygens (including phenoxy) is 4. The first kappa shape index (κ1) is 28.4. The van der Waals surface area contributed by atoms with Gasteiger partial charge in [-0.2, -0.15) is 0 Å². The number of aryl methyl sites for hydroxylation is 1. The quantitative estimate of drug-likeness (QED) is 0.116. The number of rotatable bonds is 11. The van der Waals surface area contributed by atoms with Crippen molar-refractivity contribution < 1.29 is 33.3 Å². The second-order valence-corrected chi connectivity index (χ2v) is 9.34. The molecule has 0 fully saturated rings. The van der Waals surface area contributed by atoms with Crippen LogP contribution in [0, 0.1) is 12.8 Å². The van der Waals surface area contributed by atoms with Crippen molar-refractivity contribution in [2.45, 2.75) is 32.6 Å². The fourth-order valence-electron chi connectivity index (χ4n) is 4.26. The molecule has 0 bridgehead atoms. The molecule has 40 heavy (non-hydrogen) atoms. The lowest BCUT2D eigenvalue weighted by Crippen LogP contribution is -2.18. The third-order valence-electron chi connectivity index (χ3n) is 6.41. The van der Waals surface area contributed by atoms with E-state index in [1.54, 1.807) is 43.3 Å². The van der Waals surface area contributed by atoms with Gasteiger partial charge in [0, 0.05) is 6.08 Å². The average Bonchev–Trinajstić information content (AvgIpc) is 3.21. The molecular weight excluding hydrogens is 508 g/mol. The van der Waals surface area contributed by atoms with Gasteiger partial charge in [-0.1, -0.05) is 49.1 Å². The van der Waals surface area contributed by atoms with Crippen LogP contribution < -0.4 is 9.47 Å². The van der Waals surface area contributed by atoms with E-state index in [1.165, 1.54) is 0 Å². The summed E-state index contributed by atoms with van der Waals surface area (Å²) in [5.74, 6) is -0.181. The predicted octanol–water partition coefficient (Wildman–Crippen LogP) is 6.65. The number of unbranched alkanes of at least 4 members (excludes halogenated alkanes) is 1. The van der Waals surface area contributed by atoms with E-state index in [0.29, 0.717) is 60.9 Å². The lowest BCUT2D eigenvalue weighted by atomic mass is 10.0. The Hall–Kier alpha value is -4.65. The normalized spacial score (nSPS) is 14.5. The highest BCUT2D eigenvalue weighted by Crippen LogP contribution is 2.27. The minimum absolute atomic E-state index is 0.324. The van der Waals surface area contributed by atoms with Crippen molar-refractivity contribution in [1.82, 2.24) is 0 Å². The molecule has 4 rings (SSSR count). The summed E-state index contributed by atoms with van der Waals surface area (Å²) in [5, 5.41) is 1.78. The van der Waals surface area contributed by atoms with Gasteiger partial charge in [0.05, 0.1) is 24.7 Å². The molecule has 0 aliphatic heterocycles. The molecule has 3 aromatic carbocycles. The lowest BCUT2D eigenvalue weighted by Gasteiger charge is -2.13. The zero-order chi connectivity index (χ0) is 28.3. The highest BCUT2D eigenvalue weighted by Gasteiger charge is 2.20. The van der Waals surface area contributed by atoms with Crippen molar-refractivity contribution in [2.75, 3.05) is 13.2 Å². The van der Waals surface area contributed by atoms with Crippen LogP contribution in [0.3, 0.4) is 0 Å². The van der Waals surface area contributed by atoms with Gasteiger partial charge >= 0.3 is 17.9 Å². The van der Waals surface area contributed by atoms with Crippen molar-refractivity contribution in [1.29, 1.82) is 0 Å². The molecule has 0 spiro atoms. The van der Waals surface area contributed by atoms with E-state index in [1.807, 2.05) is 42.5 Å². The average molecular weight is 541 g/mol. The molecule has 7 heteroatoms. The number of allylic oxidation sites excluding steroid dienone is 2. The molecule has 0 heterocycles. The summed E-state index contributed by atoms with van der Waals surface area (Å²) in [6.45, 7) is 5.96. The Labute approximate surface area is 233 Å². The number of hydrogen-bond acceptors (Lipinski definition) is 7. The van der Waals surface area contributed by atoms with E-state index in [2.05, 4.69) is 6.58 Å². The van der Waals surface area contributed by atoms with Gasteiger partial charge in [0.2, 0.25) is 0 Å². The first-order chi connectivity index (χ1) is 19.4. The van der Waals surface area contributed by atoms with Crippen LogP contribution in [0.5, 0.6) is 11.5 Å². The van der Waals surface area contributed by atoms with Crippen LogP contribution in [0.25, 0.3) is 10.8 Å². The minimum Gasteiger partial charge on any atom is -0.494 e. The van der Waals surface area contributed by atoms with Crippen molar-refractivity contribution >= 4 is 28.7 Å². The first-order valence-electron chi connectivity index (χ1n) is 13.3. The van der Waals surface area contributed by atoms with E-state index >= 15 is 0 Å². The number of esters is 3. The maximum atomic E-state index is 12.9. The van der Waals surface area contributed by atoms with E-state index in [9.17, 15) is 14.4 Å². The number of hydrogen-bond donors (Lipinski definition) is 0. The zero-order valence-electron chi connectivity index (χ0n) is 22.5. The molecular formula is C33H32O7. The Kier molecular flexibility index (Phi) is 9.88. The SMILES string of the molecule is C=CC(=O)OCCCCOC1=CCCC(C(=O)Oc2ccc(OC(=O)c3cccc4ccccc34)c(C)c2)C=C1. The molecule has 0 radical (unpaired) electrons. The Morgan fingerprint density at radius 2 is 1.77 bits per heavy atom. The maximum absolute atomic E-state index is 12.9. The Morgan fingerprint density at radius 1 is 0.975 bits per heavy atom. The fourth-order valence-corrected chi connectivity index (χ4v) is 4.26. The standard InChI is InChI=1S/C33H32O7/c1-3-31(34)38-21-7-6-20-37-26-13-8-12-25(16-17-26)32(35)39-27-18-19-30(23(2)22-27)40-33(36)29-15-9-11-24-10-4-5-14-28(24)29/h3-5,9-11,13-19,22,25H,1,6-8,12,20-21H2,2H3. The Bertz CT molecular complexity index is 1440. The summed E-state index contributed by atoms with van der Waals surface area (Å²) in [4.78, 5) is 36.8. The fraction of sp³-hybridized carbons (Fsp3) is 0.242. The summed E-state index contributed by atoms with van der Waals surface area (Å²) in [7, 11) is 0. The molecule has 0 amide bonds. The number of fused-ring (bicyclic) bond motifs is 1. The van der Waals surface area contributed by atoms with Gasteiger partial charge in [-0.3, -0.25) is 4.79 Å². The highest BCUT2D eigenvalue weighted by molar-refractivity contribution is 6.05. The molecule has 0 saturated heterocycles. The highest BCUT2D eigenvalue weighted by atomic mass is 16.5. The van der Waals surface area contributed by atoms with Gasteiger partial charge in [-0.25, -0.2) is 9.59 Å². The van der Waals surface area contributed by atoms with Gasteiger partial charge in [0.15, 0.2) is 0 Å². The minimum atomic E-state index is -0.449. The van der Waals surface area contributed by atoms with Crippen molar-refractivity contribution in [3.63, 3.8) is 0 Å². The van der Waals surface area contributed by atoms with Crippen LogP contribution in [0.1, 0.15) is 41.6 Å². The number of benzene rings is 3. The first-order valence-corrected chi connectivity index (χ1v) is 13.3. The van der Waals surface area contributed by atoms with Crippen LogP contribution in [0.2, 0.25) is 0 Å². The van der Waals surface area contributed by atoms with E-state index in [0.717, 1.165) is 23.3 Å². The lowest BCUT2D eigenvalue weighted by molar-refractivity contribution is -0.138. The van der Waals surface area contributed by atoms with Crippen molar-refractivity contribution in [2.24, 2.45) is 5.92 Å². The molecule has 1 aliphatic rings. The second kappa shape index (κ2) is 13.9. The zero-order valence-corrected chi connectivity index (χ0v) is 22.5. The van der Waals surface area contributed by atoms with Gasteiger partial charge < -0.3 is 18.9 Å². The van der Waals surface area contributed by atoms with Crippen molar-refractivity contribution in [3.05, 3.63) is 108 Å². The molecule has 1 unspecified atom stereocenters. The van der Waals surface area contributed by atoms with Crippen LogP contribution in [-0.4, -0.2) is 31.1 Å². The number of carbonyl (C=O) groups is 3. The van der Waals surface area contributed by atoms with E-state index in [-0.39, 0.29) is 5.97 Å². The van der Waals surface area contributed by atoms with Crippen molar-refractivity contribution in [3.8, 4) is 11.5 Å². The summed E-state index contributed by atoms with van der Waals surface area (Å²) >= 11 is 0. The third-order valence-corrected chi connectivity index (χ3v) is 6.41. The molecule has 3 aromatic rings. The molecule has 7 nitrogen and oxygen atoms in total. The predicted molar refractivity (Wildman–Crippen MR) is 152 cm³/mol. The molecule has 0 N–H and O–H groups in total. The van der Waals surface area contributed by atoms with E-state index < -0.39 is 17.9 Å². The van der Waals surface area contributed by atoms with Gasteiger partial charge in [0.1, 0.15) is 17.3 Å². The van der Waals surface area contributed by atoms with Crippen LogP contribution >= 0.6 is 0 Å². The largest absolute Gasteiger partial charge is 0.494 e. The summed E-state index contributed by atoms with van der Waals surface area (Å²) < 4.78 is 22.0.